The highest BCUT2D eigenvalue weighted by atomic mass is 19.1. The summed E-state index contributed by atoms with van der Waals surface area (Å²) in [4.78, 5) is 11.4. The molecule has 1 aliphatic rings. The maximum atomic E-state index is 13.6. The van der Waals surface area contributed by atoms with Crippen LogP contribution < -0.4 is 16.4 Å². The summed E-state index contributed by atoms with van der Waals surface area (Å²) >= 11 is 0. The predicted molar refractivity (Wildman–Crippen MR) is 67.5 cm³/mol. The van der Waals surface area contributed by atoms with Crippen molar-refractivity contribution in [3.63, 3.8) is 0 Å². The van der Waals surface area contributed by atoms with Crippen molar-refractivity contribution >= 4 is 11.7 Å². The van der Waals surface area contributed by atoms with Crippen molar-refractivity contribution in [3.05, 3.63) is 29.6 Å². The van der Waals surface area contributed by atoms with Crippen molar-refractivity contribution in [2.45, 2.75) is 18.9 Å². The lowest BCUT2D eigenvalue weighted by molar-refractivity contribution is 0.251. The molecule has 1 fully saturated rings. The molecule has 0 heterocycles. The van der Waals surface area contributed by atoms with E-state index in [9.17, 15) is 9.18 Å². The van der Waals surface area contributed by atoms with Crippen molar-refractivity contribution in [1.29, 1.82) is 0 Å². The molecule has 18 heavy (non-hydrogen) atoms. The Kier molecular flexibility index (Phi) is 3.80. The zero-order chi connectivity index (χ0) is 13.0. The Morgan fingerprint density at radius 1 is 1.50 bits per heavy atom. The summed E-state index contributed by atoms with van der Waals surface area (Å²) in [7, 11) is 0. The van der Waals surface area contributed by atoms with Gasteiger partial charge in [-0.15, -0.1) is 0 Å². The lowest BCUT2D eigenvalue weighted by Gasteiger charge is -2.06. The molecule has 0 unspecified atom stereocenters. The Bertz CT molecular complexity index is 515. The Morgan fingerprint density at radius 2 is 2.28 bits per heavy atom. The van der Waals surface area contributed by atoms with E-state index in [1.165, 1.54) is 12.1 Å². The number of carbonyl (C=O) groups is 1. The van der Waals surface area contributed by atoms with Gasteiger partial charge in [-0.3, -0.25) is 0 Å². The summed E-state index contributed by atoms with van der Waals surface area (Å²) in [6, 6.07) is 4.33. The number of halogens is 1. The second-order valence-corrected chi connectivity index (χ2v) is 4.07. The van der Waals surface area contributed by atoms with Crippen LogP contribution in [0.1, 0.15) is 18.4 Å². The average Bonchev–Trinajstić information content (AvgIpc) is 3.12. The van der Waals surface area contributed by atoms with Gasteiger partial charge in [0.25, 0.3) is 0 Å². The first-order chi connectivity index (χ1) is 8.69. The first-order valence-corrected chi connectivity index (χ1v) is 5.75. The van der Waals surface area contributed by atoms with Crippen LogP contribution in [0.25, 0.3) is 0 Å². The number of nitrogens with two attached hydrogens (primary N) is 1. The molecule has 0 aliphatic heterocycles. The van der Waals surface area contributed by atoms with Gasteiger partial charge in [-0.1, -0.05) is 11.8 Å². The first-order valence-electron chi connectivity index (χ1n) is 5.75. The van der Waals surface area contributed by atoms with Gasteiger partial charge in [-0.2, -0.15) is 0 Å². The van der Waals surface area contributed by atoms with Crippen LogP contribution in [-0.2, 0) is 0 Å². The van der Waals surface area contributed by atoms with Gasteiger partial charge >= 0.3 is 6.03 Å². The fourth-order valence-electron chi connectivity index (χ4n) is 1.42. The van der Waals surface area contributed by atoms with Crippen LogP contribution in [0.3, 0.4) is 0 Å². The highest BCUT2D eigenvalue weighted by Crippen LogP contribution is 2.19. The van der Waals surface area contributed by atoms with E-state index in [-0.39, 0.29) is 24.2 Å². The molecule has 1 aromatic carbocycles. The Labute approximate surface area is 105 Å². The van der Waals surface area contributed by atoms with E-state index in [0.29, 0.717) is 5.69 Å². The molecular weight excluding hydrogens is 233 g/mol. The van der Waals surface area contributed by atoms with Crippen molar-refractivity contribution < 1.29 is 9.18 Å². The number of hydrogen-bond donors (Lipinski definition) is 3. The van der Waals surface area contributed by atoms with Gasteiger partial charge in [-0.05, 0) is 31.0 Å². The summed E-state index contributed by atoms with van der Waals surface area (Å²) < 4.78 is 13.6. The zero-order valence-corrected chi connectivity index (χ0v) is 9.79. The molecule has 5 heteroatoms. The molecule has 1 aliphatic carbocycles. The maximum Gasteiger partial charge on any atom is 0.319 e. The van der Waals surface area contributed by atoms with Gasteiger partial charge < -0.3 is 16.4 Å². The summed E-state index contributed by atoms with van der Waals surface area (Å²) in [5.74, 6) is 4.72. The van der Waals surface area contributed by atoms with Crippen LogP contribution in [0.5, 0.6) is 0 Å². The van der Waals surface area contributed by atoms with E-state index in [4.69, 9.17) is 5.73 Å². The van der Waals surface area contributed by atoms with Crippen LogP contribution in [0.2, 0.25) is 0 Å². The predicted octanol–water partition coefficient (Wildman–Crippen LogP) is 1.42. The van der Waals surface area contributed by atoms with Crippen LogP contribution in [-0.4, -0.2) is 18.6 Å². The van der Waals surface area contributed by atoms with E-state index in [1.807, 2.05) is 0 Å². The molecule has 2 amide bonds. The van der Waals surface area contributed by atoms with E-state index in [0.717, 1.165) is 12.8 Å². The highest BCUT2D eigenvalue weighted by molar-refractivity contribution is 5.89. The number of rotatable bonds is 2. The molecule has 0 atom stereocenters. The number of hydrogen-bond acceptors (Lipinski definition) is 2. The van der Waals surface area contributed by atoms with E-state index in [2.05, 4.69) is 22.5 Å². The lowest BCUT2D eigenvalue weighted by atomic mass is 10.2. The topological polar surface area (TPSA) is 67.1 Å². The SMILES string of the molecule is NCC#Cc1ccc(NC(=O)NC2CC2)cc1F. The van der Waals surface area contributed by atoms with Gasteiger partial charge in [0.1, 0.15) is 5.82 Å². The van der Waals surface area contributed by atoms with Crippen molar-refractivity contribution in [1.82, 2.24) is 5.32 Å². The molecule has 1 saturated carbocycles. The normalized spacial score (nSPS) is 13.4. The molecule has 0 spiro atoms. The van der Waals surface area contributed by atoms with E-state index < -0.39 is 5.82 Å². The number of amides is 2. The smallest absolute Gasteiger partial charge is 0.319 e. The minimum Gasteiger partial charge on any atom is -0.335 e. The van der Waals surface area contributed by atoms with Gasteiger partial charge in [0.05, 0.1) is 12.1 Å². The molecule has 94 valence electrons. The van der Waals surface area contributed by atoms with Crippen LogP contribution in [0.15, 0.2) is 18.2 Å². The molecular formula is C13H14FN3O. The molecule has 1 aromatic rings. The Balaban J connectivity index is 2.01. The first kappa shape index (κ1) is 12.4. The van der Waals surface area contributed by atoms with Crippen molar-refractivity contribution in [2.24, 2.45) is 5.73 Å². The second kappa shape index (κ2) is 5.52. The van der Waals surface area contributed by atoms with Crippen LogP contribution in [0, 0.1) is 17.7 Å². The third-order valence-electron chi connectivity index (χ3n) is 2.46. The number of benzene rings is 1. The molecule has 4 N–H and O–H groups in total. The second-order valence-electron chi connectivity index (χ2n) is 4.07. The Morgan fingerprint density at radius 3 is 2.89 bits per heavy atom. The summed E-state index contributed by atoms with van der Waals surface area (Å²) in [6.07, 6.45) is 2.02. The van der Waals surface area contributed by atoms with E-state index >= 15 is 0 Å². The Hall–Kier alpha value is -2.06. The fraction of sp³-hybridized carbons (Fsp3) is 0.308. The fourth-order valence-corrected chi connectivity index (χ4v) is 1.42. The lowest BCUT2D eigenvalue weighted by Crippen LogP contribution is -2.30. The van der Waals surface area contributed by atoms with Crippen LogP contribution >= 0.6 is 0 Å². The standard InChI is InChI=1S/C13H14FN3O/c14-12-8-11(4-3-9(12)2-1-7-15)17-13(18)16-10-5-6-10/h3-4,8,10H,5-7,15H2,(H2,16,17,18). The third kappa shape index (κ3) is 3.47. The molecule has 2 rings (SSSR count). The van der Waals surface area contributed by atoms with Gasteiger partial charge in [0, 0.05) is 11.7 Å². The molecule has 0 saturated heterocycles. The number of anilines is 1. The summed E-state index contributed by atoms with van der Waals surface area (Å²) in [6.45, 7) is 0.184. The maximum absolute atomic E-state index is 13.6. The van der Waals surface area contributed by atoms with Crippen molar-refractivity contribution in [2.75, 3.05) is 11.9 Å². The minimum absolute atomic E-state index is 0.184. The number of carbonyl (C=O) groups excluding carboxylic acids is 1. The molecule has 0 bridgehead atoms. The molecule has 4 nitrogen and oxygen atoms in total. The van der Waals surface area contributed by atoms with Crippen LogP contribution in [0.4, 0.5) is 14.9 Å². The molecule has 0 aromatic heterocycles. The largest absolute Gasteiger partial charge is 0.335 e. The third-order valence-corrected chi connectivity index (χ3v) is 2.46. The quantitative estimate of drug-likeness (QED) is 0.692. The summed E-state index contributed by atoms with van der Waals surface area (Å²) in [5, 5.41) is 5.33. The molecule has 0 radical (unpaired) electrons. The van der Waals surface area contributed by atoms with Gasteiger partial charge in [0.15, 0.2) is 0 Å². The van der Waals surface area contributed by atoms with Gasteiger partial charge in [0.2, 0.25) is 0 Å². The van der Waals surface area contributed by atoms with E-state index in [1.54, 1.807) is 6.07 Å². The minimum atomic E-state index is -0.472. The number of nitrogens with one attached hydrogen (secondary N) is 2. The van der Waals surface area contributed by atoms with Gasteiger partial charge in [-0.25, -0.2) is 9.18 Å². The number of urea groups is 1. The monoisotopic (exact) mass is 247 g/mol. The summed E-state index contributed by atoms with van der Waals surface area (Å²) in [5.41, 5.74) is 5.89. The highest BCUT2D eigenvalue weighted by Gasteiger charge is 2.23. The average molecular weight is 247 g/mol. The zero-order valence-electron chi connectivity index (χ0n) is 9.79. The van der Waals surface area contributed by atoms with Crippen molar-refractivity contribution in [3.8, 4) is 11.8 Å².